The van der Waals surface area contributed by atoms with Gasteiger partial charge in [-0.1, -0.05) is 0 Å². The first kappa shape index (κ1) is 8.78. The van der Waals surface area contributed by atoms with Crippen molar-refractivity contribution in [2.45, 2.75) is 13.0 Å². The van der Waals surface area contributed by atoms with Crippen LogP contribution in [0.2, 0.25) is 0 Å². The average Bonchev–Trinajstić information content (AvgIpc) is 2.17. The standard InChI is InChI=1S/C9H10N4O/c1-5-2-6-7(3-10)9(11)13-12-8(6)4-14-5/h2,5,13H,4,11H2,1H3. The molecule has 72 valence electrons. The third kappa shape index (κ3) is 1.26. The van der Waals surface area contributed by atoms with Crippen LogP contribution in [0.15, 0.2) is 28.1 Å². The summed E-state index contributed by atoms with van der Waals surface area (Å²) in [5.74, 6) is 0.302. The highest BCUT2D eigenvalue weighted by Gasteiger charge is 2.24. The van der Waals surface area contributed by atoms with Gasteiger partial charge in [0, 0.05) is 5.57 Å². The maximum absolute atomic E-state index is 8.92. The minimum absolute atomic E-state index is 0.00167. The number of rotatable bonds is 0. The highest BCUT2D eigenvalue weighted by molar-refractivity contribution is 6.07. The predicted octanol–water partition coefficient (Wildman–Crippen LogP) is -0.0154. The molecular formula is C9H10N4O. The largest absolute Gasteiger partial charge is 0.383 e. The molecule has 3 N–H and O–H groups in total. The van der Waals surface area contributed by atoms with Gasteiger partial charge in [0.25, 0.3) is 0 Å². The van der Waals surface area contributed by atoms with Crippen molar-refractivity contribution in [1.82, 2.24) is 5.43 Å². The van der Waals surface area contributed by atoms with E-state index < -0.39 is 0 Å². The monoisotopic (exact) mass is 190 g/mol. The number of hydrazone groups is 1. The average molecular weight is 190 g/mol. The van der Waals surface area contributed by atoms with Crippen molar-refractivity contribution in [3.63, 3.8) is 0 Å². The molecule has 0 aromatic carbocycles. The first-order valence-electron chi connectivity index (χ1n) is 4.29. The third-order valence-electron chi connectivity index (χ3n) is 2.16. The Balaban J connectivity index is 2.47. The number of allylic oxidation sites excluding steroid dienone is 1. The highest BCUT2D eigenvalue weighted by Crippen LogP contribution is 2.21. The molecule has 0 spiro atoms. The van der Waals surface area contributed by atoms with Crippen molar-refractivity contribution in [2.24, 2.45) is 10.8 Å². The van der Waals surface area contributed by atoms with Crippen LogP contribution in [-0.2, 0) is 4.74 Å². The SMILES string of the molecule is CC1C=C2C(=NNC(N)=C2C#N)CO1. The summed E-state index contributed by atoms with van der Waals surface area (Å²) in [5, 5.41) is 12.9. The van der Waals surface area contributed by atoms with E-state index in [-0.39, 0.29) is 6.10 Å². The molecule has 14 heavy (non-hydrogen) atoms. The summed E-state index contributed by atoms with van der Waals surface area (Å²) < 4.78 is 5.36. The highest BCUT2D eigenvalue weighted by atomic mass is 16.5. The molecule has 0 aromatic rings. The molecule has 2 aliphatic heterocycles. The number of hydrogen-bond acceptors (Lipinski definition) is 5. The smallest absolute Gasteiger partial charge is 0.136 e. The van der Waals surface area contributed by atoms with Gasteiger partial charge in [-0.15, -0.1) is 0 Å². The van der Waals surface area contributed by atoms with Crippen LogP contribution in [0.5, 0.6) is 0 Å². The van der Waals surface area contributed by atoms with E-state index in [9.17, 15) is 0 Å². The number of ether oxygens (including phenoxy) is 1. The van der Waals surface area contributed by atoms with Gasteiger partial charge in [0.1, 0.15) is 17.5 Å². The molecule has 0 saturated carbocycles. The van der Waals surface area contributed by atoms with E-state index >= 15 is 0 Å². The predicted molar refractivity (Wildman–Crippen MR) is 50.9 cm³/mol. The van der Waals surface area contributed by atoms with Crippen molar-refractivity contribution in [3.8, 4) is 6.07 Å². The Morgan fingerprint density at radius 2 is 2.57 bits per heavy atom. The lowest BCUT2D eigenvalue weighted by molar-refractivity contribution is 0.126. The normalized spacial score (nSPS) is 25.6. The van der Waals surface area contributed by atoms with Crippen LogP contribution in [-0.4, -0.2) is 18.4 Å². The fourth-order valence-electron chi connectivity index (χ4n) is 1.44. The van der Waals surface area contributed by atoms with Gasteiger partial charge in [0.2, 0.25) is 0 Å². The molecule has 0 amide bonds. The van der Waals surface area contributed by atoms with Gasteiger partial charge in [-0.2, -0.15) is 10.4 Å². The second-order valence-electron chi connectivity index (χ2n) is 3.17. The molecule has 5 nitrogen and oxygen atoms in total. The summed E-state index contributed by atoms with van der Waals surface area (Å²) in [7, 11) is 0. The Bertz CT molecular complexity index is 400. The number of nitriles is 1. The third-order valence-corrected chi connectivity index (χ3v) is 2.16. The van der Waals surface area contributed by atoms with Crippen LogP contribution in [0.25, 0.3) is 0 Å². The van der Waals surface area contributed by atoms with Crippen LogP contribution in [0.4, 0.5) is 0 Å². The number of nitrogens with one attached hydrogen (secondary N) is 1. The van der Waals surface area contributed by atoms with E-state index in [1.807, 2.05) is 13.0 Å². The van der Waals surface area contributed by atoms with E-state index in [4.69, 9.17) is 15.7 Å². The zero-order chi connectivity index (χ0) is 10.1. The van der Waals surface area contributed by atoms with Crippen LogP contribution < -0.4 is 11.2 Å². The Hall–Kier alpha value is -1.80. The van der Waals surface area contributed by atoms with Crippen LogP contribution in [0, 0.1) is 11.3 Å². The van der Waals surface area contributed by atoms with Gasteiger partial charge < -0.3 is 10.5 Å². The summed E-state index contributed by atoms with van der Waals surface area (Å²) >= 11 is 0. The van der Waals surface area contributed by atoms with Crippen molar-refractivity contribution in [1.29, 1.82) is 5.26 Å². The summed E-state index contributed by atoms with van der Waals surface area (Å²) in [6.07, 6.45) is 1.85. The van der Waals surface area contributed by atoms with Crippen LogP contribution in [0.1, 0.15) is 6.92 Å². The van der Waals surface area contributed by atoms with E-state index in [1.54, 1.807) is 0 Å². The molecule has 0 aromatic heterocycles. The Morgan fingerprint density at radius 3 is 3.29 bits per heavy atom. The number of nitrogens with zero attached hydrogens (tertiary/aromatic N) is 2. The molecule has 5 heteroatoms. The second kappa shape index (κ2) is 3.16. The molecule has 0 radical (unpaired) electrons. The topological polar surface area (TPSA) is 83.4 Å². The molecule has 0 bridgehead atoms. The second-order valence-corrected chi connectivity index (χ2v) is 3.17. The zero-order valence-electron chi connectivity index (χ0n) is 7.74. The lowest BCUT2D eigenvalue weighted by Crippen LogP contribution is -2.32. The molecule has 2 heterocycles. The molecule has 2 rings (SSSR count). The quantitative estimate of drug-likeness (QED) is 0.562. The van der Waals surface area contributed by atoms with Crippen LogP contribution in [0.3, 0.4) is 0 Å². The van der Waals surface area contributed by atoms with E-state index in [1.165, 1.54) is 0 Å². The van der Waals surface area contributed by atoms with Gasteiger partial charge in [-0.05, 0) is 13.0 Å². The van der Waals surface area contributed by atoms with Gasteiger partial charge in [-0.3, -0.25) is 5.43 Å². The van der Waals surface area contributed by atoms with Crippen molar-refractivity contribution in [2.75, 3.05) is 6.61 Å². The summed E-state index contributed by atoms with van der Waals surface area (Å²) in [4.78, 5) is 0. The van der Waals surface area contributed by atoms with E-state index in [2.05, 4.69) is 16.6 Å². The molecule has 1 unspecified atom stereocenters. The minimum Gasteiger partial charge on any atom is -0.383 e. The van der Waals surface area contributed by atoms with E-state index in [0.29, 0.717) is 18.0 Å². The van der Waals surface area contributed by atoms with Crippen molar-refractivity contribution >= 4 is 5.71 Å². The summed E-state index contributed by atoms with van der Waals surface area (Å²) in [6.45, 7) is 2.33. The zero-order valence-corrected chi connectivity index (χ0v) is 7.74. The maximum Gasteiger partial charge on any atom is 0.136 e. The molecule has 1 atom stereocenters. The Morgan fingerprint density at radius 1 is 1.79 bits per heavy atom. The lowest BCUT2D eigenvalue weighted by atomic mass is 9.98. The number of fused-ring (bicyclic) bond motifs is 1. The molecule has 0 saturated heterocycles. The lowest BCUT2D eigenvalue weighted by Gasteiger charge is -2.24. The summed E-state index contributed by atoms with van der Waals surface area (Å²) in [5.41, 5.74) is 10.2. The molecule has 0 aliphatic carbocycles. The molecule has 2 aliphatic rings. The van der Waals surface area contributed by atoms with Crippen molar-refractivity contribution < 1.29 is 4.74 Å². The fraction of sp³-hybridized carbons (Fsp3) is 0.333. The first-order chi connectivity index (χ1) is 6.72. The van der Waals surface area contributed by atoms with Gasteiger partial charge in [-0.25, -0.2) is 0 Å². The van der Waals surface area contributed by atoms with Gasteiger partial charge in [0.15, 0.2) is 0 Å². The van der Waals surface area contributed by atoms with Gasteiger partial charge >= 0.3 is 0 Å². The molecule has 0 fully saturated rings. The van der Waals surface area contributed by atoms with Crippen LogP contribution >= 0.6 is 0 Å². The Labute approximate surface area is 81.5 Å². The Kier molecular flexibility index (Phi) is 1.98. The number of hydrogen-bond donors (Lipinski definition) is 2. The number of nitrogens with two attached hydrogens (primary N) is 1. The first-order valence-corrected chi connectivity index (χ1v) is 4.29. The maximum atomic E-state index is 8.92. The van der Waals surface area contributed by atoms with E-state index in [0.717, 1.165) is 11.3 Å². The van der Waals surface area contributed by atoms with Gasteiger partial charge in [0.05, 0.1) is 18.4 Å². The molecular weight excluding hydrogens is 180 g/mol. The van der Waals surface area contributed by atoms with Crippen molar-refractivity contribution in [3.05, 3.63) is 23.0 Å². The summed E-state index contributed by atoms with van der Waals surface area (Å²) in [6, 6.07) is 2.06. The fourth-order valence-corrected chi connectivity index (χ4v) is 1.44. The minimum atomic E-state index is -0.00167.